The van der Waals surface area contributed by atoms with E-state index < -0.39 is 32.7 Å². The molecule has 1 amide bonds. The van der Waals surface area contributed by atoms with E-state index in [1.165, 1.54) is 23.9 Å². The number of amides is 1. The molecule has 1 unspecified atom stereocenters. The quantitative estimate of drug-likeness (QED) is 0.400. The predicted octanol–water partition coefficient (Wildman–Crippen LogP) is 4.44. The average Bonchev–Trinajstić information content (AvgIpc) is 2.79. The van der Waals surface area contributed by atoms with Crippen LogP contribution in [0, 0.1) is 5.82 Å². The summed E-state index contributed by atoms with van der Waals surface area (Å²) in [6.45, 7) is 5.00. The van der Waals surface area contributed by atoms with Gasteiger partial charge in [0.15, 0.2) is 11.5 Å². The number of hydrogen-bond donors (Lipinski definition) is 2. The van der Waals surface area contributed by atoms with E-state index in [4.69, 9.17) is 9.47 Å². The topological polar surface area (TPSA) is 93.7 Å². The maximum atomic E-state index is 14.1. The predicted molar refractivity (Wildman–Crippen MR) is 130 cm³/mol. The second-order valence-electron chi connectivity index (χ2n) is 7.23. The van der Waals surface area contributed by atoms with Gasteiger partial charge in [-0.1, -0.05) is 26.0 Å². The van der Waals surface area contributed by atoms with Gasteiger partial charge in [0.1, 0.15) is 16.8 Å². The summed E-state index contributed by atoms with van der Waals surface area (Å²) in [5.74, 6) is 0.173. The molecule has 33 heavy (non-hydrogen) atoms. The highest BCUT2D eigenvalue weighted by Crippen LogP contribution is 2.31. The minimum Gasteiger partial charge on any atom is -0.490 e. The lowest BCUT2D eigenvalue weighted by atomic mass is 10.2. The Morgan fingerprint density at radius 1 is 1.06 bits per heavy atom. The monoisotopic (exact) mass is 498 g/mol. The van der Waals surface area contributed by atoms with E-state index >= 15 is 0 Å². The molecule has 0 aliphatic rings. The molecular formula is C23H31FN2O5S2. The summed E-state index contributed by atoms with van der Waals surface area (Å²) >= 11 is 1.47. The van der Waals surface area contributed by atoms with Gasteiger partial charge in [-0.25, -0.2) is 12.8 Å². The highest BCUT2D eigenvalue weighted by molar-refractivity contribution is 7.98. The van der Waals surface area contributed by atoms with Crippen molar-refractivity contribution < 1.29 is 27.1 Å². The lowest BCUT2D eigenvalue weighted by molar-refractivity contribution is -0.117. The molecule has 182 valence electrons. The maximum Gasteiger partial charge on any atom is 0.244 e. The number of halogens is 1. The number of hydrogen-bond acceptors (Lipinski definition) is 6. The molecule has 1 atom stereocenters. The Morgan fingerprint density at radius 2 is 1.73 bits per heavy atom. The van der Waals surface area contributed by atoms with Crippen molar-refractivity contribution in [2.75, 3.05) is 30.5 Å². The number of benzene rings is 2. The van der Waals surface area contributed by atoms with Crippen LogP contribution in [0.1, 0.15) is 33.1 Å². The SMILES string of the molecule is CCCOc1ccc(NC(=O)C(CCSC)NS(=O)(=O)c2ccccc2F)cc1OCCC. The van der Waals surface area contributed by atoms with Crippen LogP contribution >= 0.6 is 11.8 Å². The fourth-order valence-electron chi connectivity index (χ4n) is 2.86. The van der Waals surface area contributed by atoms with E-state index in [9.17, 15) is 17.6 Å². The van der Waals surface area contributed by atoms with Crippen molar-refractivity contribution in [1.29, 1.82) is 0 Å². The second-order valence-corrected chi connectivity index (χ2v) is 9.90. The van der Waals surface area contributed by atoms with Crippen LogP contribution in [0.3, 0.4) is 0 Å². The Kier molecular flexibility index (Phi) is 11.0. The van der Waals surface area contributed by atoms with Crippen LogP contribution in [0.5, 0.6) is 11.5 Å². The number of rotatable bonds is 14. The molecule has 10 heteroatoms. The minimum atomic E-state index is -4.23. The summed E-state index contributed by atoms with van der Waals surface area (Å²) < 4.78 is 53.3. The van der Waals surface area contributed by atoms with Crippen LogP contribution in [-0.2, 0) is 14.8 Å². The van der Waals surface area contributed by atoms with Crippen molar-refractivity contribution in [3.05, 3.63) is 48.3 Å². The zero-order valence-corrected chi connectivity index (χ0v) is 20.7. The molecule has 2 aromatic carbocycles. The molecule has 0 aromatic heterocycles. The highest BCUT2D eigenvalue weighted by atomic mass is 32.2. The van der Waals surface area contributed by atoms with Crippen LogP contribution in [0.15, 0.2) is 47.4 Å². The molecule has 0 spiro atoms. The second kappa shape index (κ2) is 13.4. The molecular weight excluding hydrogens is 467 g/mol. The van der Waals surface area contributed by atoms with Gasteiger partial charge in [0, 0.05) is 11.8 Å². The van der Waals surface area contributed by atoms with E-state index in [0.717, 1.165) is 25.0 Å². The van der Waals surface area contributed by atoms with Crippen LogP contribution in [0.4, 0.5) is 10.1 Å². The molecule has 0 saturated heterocycles. The normalized spacial score (nSPS) is 12.2. The zero-order chi connectivity index (χ0) is 24.3. The standard InChI is InChI=1S/C23H31FN2O5S2/c1-4-13-30-20-11-10-17(16-21(20)31-14-5-2)25-23(27)19(12-15-32-3)26-33(28,29)22-9-7-6-8-18(22)24/h6-11,16,19,26H,4-5,12-15H2,1-3H3,(H,25,27). The van der Waals surface area contributed by atoms with Gasteiger partial charge in [-0.2, -0.15) is 16.5 Å². The molecule has 2 rings (SSSR count). The number of thioether (sulfide) groups is 1. The van der Waals surface area contributed by atoms with Gasteiger partial charge in [0.05, 0.1) is 13.2 Å². The molecule has 0 fully saturated rings. The van der Waals surface area contributed by atoms with Crippen LogP contribution < -0.4 is 19.5 Å². The Hall–Kier alpha value is -2.30. The molecule has 0 bridgehead atoms. The van der Waals surface area contributed by atoms with E-state index in [1.807, 2.05) is 20.1 Å². The first-order valence-electron chi connectivity index (χ1n) is 10.8. The summed E-state index contributed by atoms with van der Waals surface area (Å²) in [5.41, 5.74) is 0.439. The molecule has 0 aliphatic heterocycles. The van der Waals surface area contributed by atoms with Gasteiger partial charge in [0.2, 0.25) is 15.9 Å². The number of carbonyl (C=O) groups is 1. The third kappa shape index (κ3) is 8.21. The Labute approximate surface area is 199 Å². The fraction of sp³-hybridized carbons (Fsp3) is 0.435. The van der Waals surface area contributed by atoms with E-state index in [1.54, 1.807) is 18.2 Å². The summed E-state index contributed by atoms with van der Waals surface area (Å²) in [4.78, 5) is 12.5. The Morgan fingerprint density at radius 3 is 2.36 bits per heavy atom. The Bertz CT molecular complexity index is 1020. The molecule has 0 heterocycles. The highest BCUT2D eigenvalue weighted by Gasteiger charge is 2.27. The number of ether oxygens (including phenoxy) is 2. The van der Waals surface area contributed by atoms with Crippen molar-refractivity contribution in [3.8, 4) is 11.5 Å². The third-order valence-corrected chi connectivity index (χ3v) is 6.63. The van der Waals surface area contributed by atoms with Gasteiger partial charge < -0.3 is 14.8 Å². The van der Waals surface area contributed by atoms with Crippen molar-refractivity contribution in [2.45, 2.75) is 44.0 Å². The summed E-state index contributed by atoms with van der Waals surface area (Å²) in [6, 6.07) is 8.98. The molecule has 0 saturated carbocycles. The van der Waals surface area contributed by atoms with E-state index in [-0.39, 0.29) is 6.42 Å². The molecule has 0 aliphatic carbocycles. The lowest BCUT2D eigenvalue weighted by Gasteiger charge is -2.19. The Balaban J connectivity index is 2.22. The number of sulfonamides is 1. The average molecular weight is 499 g/mol. The van der Waals surface area contributed by atoms with Crippen LogP contribution in [0.2, 0.25) is 0 Å². The van der Waals surface area contributed by atoms with E-state index in [2.05, 4.69) is 10.0 Å². The smallest absolute Gasteiger partial charge is 0.244 e. The minimum absolute atomic E-state index is 0.234. The fourth-order valence-corrected chi connectivity index (χ4v) is 4.64. The van der Waals surface area contributed by atoms with E-state index in [0.29, 0.717) is 36.2 Å². The van der Waals surface area contributed by atoms with Gasteiger partial charge in [0.25, 0.3) is 0 Å². The maximum absolute atomic E-state index is 14.1. The summed E-state index contributed by atoms with van der Waals surface area (Å²) in [6.07, 6.45) is 3.73. The number of anilines is 1. The van der Waals surface area contributed by atoms with Gasteiger partial charge in [-0.3, -0.25) is 4.79 Å². The van der Waals surface area contributed by atoms with Gasteiger partial charge in [-0.05, 0) is 55.5 Å². The van der Waals surface area contributed by atoms with Gasteiger partial charge >= 0.3 is 0 Å². The first-order chi connectivity index (χ1) is 15.8. The third-order valence-electron chi connectivity index (χ3n) is 4.49. The van der Waals surface area contributed by atoms with Crippen LogP contribution in [0.25, 0.3) is 0 Å². The zero-order valence-electron chi connectivity index (χ0n) is 19.1. The molecule has 0 radical (unpaired) electrons. The molecule has 2 aromatic rings. The van der Waals surface area contributed by atoms with Crippen molar-refractivity contribution in [1.82, 2.24) is 4.72 Å². The summed E-state index contributed by atoms with van der Waals surface area (Å²) in [7, 11) is -4.23. The number of nitrogens with one attached hydrogen (secondary N) is 2. The molecule has 7 nitrogen and oxygen atoms in total. The number of carbonyl (C=O) groups excluding carboxylic acids is 1. The first kappa shape index (κ1) is 26.9. The van der Waals surface area contributed by atoms with Crippen molar-refractivity contribution in [3.63, 3.8) is 0 Å². The lowest BCUT2D eigenvalue weighted by Crippen LogP contribution is -2.44. The van der Waals surface area contributed by atoms with Gasteiger partial charge in [-0.15, -0.1) is 0 Å². The van der Waals surface area contributed by atoms with Crippen molar-refractivity contribution >= 4 is 33.4 Å². The van der Waals surface area contributed by atoms with Crippen LogP contribution in [-0.4, -0.2) is 45.6 Å². The largest absolute Gasteiger partial charge is 0.490 e. The first-order valence-corrected chi connectivity index (χ1v) is 13.7. The summed E-state index contributed by atoms with van der Waals surface area (Å²) in [5, 5.41) is 2.74. The molecule has 2 N–H and O–H groups in total. The van der Waals surface area contributed by atoms with Crippen molar-refractivity contribution in [2.24, 2.45) is 0 Å².